The van der Waals surface area contributed by atoms with Crippen molar-refractivity contribution in [1.82, 2.24) is 5.32 Å². The van der Waals surface area contributed by atoms with Crippen LogP contribution in [0.3, 0.4) is 0 Å². The Morgan fingerprint density at radius 2 is 2.20 bits per heavy atom. The smallest absolute Gasteiger partial charge is 0.220 e. The lowest BCUT2D eigenvalue weighted by Crippen LogP contribution is -2.26. The third-order valence-electron chi connectivity index (χ3n) is 2.42. The second-order valence-electron chi connectivity index (χ2n) is 3.78. The molecule has 15 heavy (non-hydrogen) atoms. The number of ether oxygens (including phenoxy) is 1. The first-order chi connectivity index (χ1) is 7.33. The Bertz CT molecular complexity index is 181. The number of carbonyl (C=O) groups is 1. The van der Waals surface area contributed by atoms with Gasteiger partial charge < -0.3 is 10.1 Å². The van der Waals surface area contributed by atoms with E-state index in [9.17, 15) is 4.79 Å². The molecule has 0 spiro atoms. The summed E-state index contributed by atoms with van der Waals surface area (Å²) >= 11 is 1.96. The molecule has 3 nitrogen and oxygen atoms in total. The molecular weight excluding hydrogens is 210 g/mol. The van der Waals surface area contributed by atoms with Gasteiger partial charge in [0.05, 0.1) is 0 Å². The molecule has 4 heteroatoms. The summed E-state index contributed by atoms with van der Waals surface area (Å²) < 4.78 is 5.29. The van der Waals surface area contributed by atoms with Crippen LogP contribution in [0.1, 0.15) is 32.6 Å². The van der Waals surface area contributed by atoms with E-state index >= 15 is 0 Å². The highest BCUT2D eigenvalue weighted by Gasteiger charge is 2.13. The molecule has 1 fully saturated rings. The zero-order valence-corrected chi connectivity index (χ0v) is 10.3. The van der Waals surface area contributed by atoms with Crippen molar-refractivity contribution in [3.63, 3.8) is 0 Å². The number of rotatable bonds is 6. The third kappa shape index (κ3) is 6.05. The second kappa shape index (κ2) is 7.99. The summed E-state index contributed by atoms with van der Waals surface area (Å²) in [6.45, 7) is 4.64. The minimum Gasteiger partial charge on any atom is -0.381 e. The monoisotopic (exact) mass is 231 g/mol. The summed E-state index contributed by atoms with van der Waals surface area (Å²) in [5.74, 6) is 1.21. The second-order valence-corrected chi connectivity index (χ2v) is 5.19. The Kier molecular flexibility index (Phi) is 6.85. The summed E-state index contributed by atoms with van der Waals surface area (Å²) in [5, 5.41) is 3.67. The number of hydrogen-bond donors (Lipinski definition) is 1. The van der Waals surface area contributed by atoms with Crippen LogP contribution >= 0.6 is 11.8 Å². The predicted molar refractivity (Wildman–Crippen MR) is 64.2 cm³/mol. The first-order valence-electron chi connectivity index (χ1n) is 5.79. The molecule has 0 bridgehead atoms. The van der Waals surface area contributed by atoms with Gasteiger partial charge in [-0.2, -0.15) is 11.8 Å². The fourth-order valence-corrected chi connectivity index (χ4v) is 2.65. The van der Waals surface area contributed by atoms with Crippen LogP contribution in [-0.2, 0) is 9.53 Å². The maximum absolute atomic E-state index is 11.2. The fourth-order valence-electron chi connectivity index (χ4n) is 1.57. The van der Waals surface area contributed by atoms with E-state index in [0.717, 1.165) is 50.0 Å². The SMILES string of the molecule is CCCC(=O)NCCSC1CCOCC1. The van der Waals surface area contributed by atoms with Gasteiger partial charge in [0, 0.05) is 37.2 Å². The molecule has 0 aromatic heterocycles. The van der Waals surface area contributed by atoms with Crippen LogP contribution in [0.4, 0.5) is 0 Å². The Balaban J connectivity index is 1.93. The van der Waals surface area contributed by atoms with Crippen molar-refractivity contribution in [2.45, 2.75) is 37.9 Å². The van der Waals surface area contributed by atoms with Gasteiger partial charge in [-0.3, -0.25) is 4.79 Å². The van der Waals surface area contributed by atoms with Gasteiger partial charge in [0.1, 0.15) is 0 Å². The highest BCUT2D eigenvalue weighted by molar-refractivity contribution is 7.99. The normalized spacial score (nSPS) is 17.7. The number of carbonyl (C=O) groups excluding carboxylic acids is 1. The van der Waals surface area contributed by atoms with Crippen molar-refractivity contribution in [2.24, 2.45) is 0 Å². The highest BCUT2D eigenvalue weighted by atomic mass is 32.2. The third-order valence-corrected chi connectivity index (χ3v) is 3.81. The van der Waals surface area contributed by atoms with Crippen molar-refractivity contribution < 1.29 is 9.53 Å². The molecule has 0 aromatic carbocycles. The molecule has 1 aliphatic rings. The van der Waals surface area contributed by atoms with Crippen molar-refractivity contribution in [2.75, 3.05) is 25.5 Å². The highest BCUT2D eigenvalue weighted by Crippen LogP contribution is 2.21. The summed E-state index contributed by atoms with van der Waals surface area (Å²) in [5.41, 5.74) is 0. The number of nitrogens with one attached hydrogen (secondary N) is 1. The van der Waals surface area contributed by atoms with Crippen molar-refractivity contribution >= 4 is 17.7 Å². The van der Waals surface area contributed by atoms with E-state index in [4.69, 9.17) is 4.74 Å². The number of hydrogen-bond acceptors (Lipinski definition) is 3. The summed E-state index contributed by atoms with van der Waals surface area (Å²) in [6, 6.07) is 0. The molecule has 88 valence electrons. The molecule has 0 aromatic rings. The van der Waals surface area contributed by atoms with E-state index in [1.807, 2.05) is 18.7 Å². The van der Waals surface area contributed by atoms with E-state index in [1.54, 1.807) is 0 Å². The molecule has 1 rings (SSSR count). The minimum atomic E-state index is 0.185. The zero-order chi connectivity index (χ0) is 10.9. The molecule has 1 aliphatic heterocycles. The van der Waals surface area contributed by atoms with Crippen molar-refractivity contribution in [1.29, 1.82) is 0 Å². The topological polar surface area (TPSA) is 38.3 Å². The van der Waals surface area contributed by atoms with E-state index in [2.05, 4.69) is 5.32 Å². The predicted octanol–water partition coefficient (Wildman–Crippen LogP) is 1.81. The fraction of sp³-hybridized carbons (Fsp3) is 0.909. The summed E-state index contributed by atoms with van der Waals surface area (Å²) in [4.78, 5) is 11.2. The van der Waals surface area contributed by atoms with Crippen LogP contribution in [0, 0.1) is 0 Å². The van der Waals surface area contributed by atoms with Crippen LogP contribution < -0.4 is 5.32 Å². The summed E-state index contributed by atoms with van der Waals surface area (Å²) in [7, 11) is 0. The molecule has 0 saturated carbocycles. The first-order valence-corrected chi connectivity index (χ1v) is 6.84. The van der Waals surface area contributed by atoms with Crippen LogP contribution in [0.25, 0.3) is 0 Å². The van der Waals surface area contributed by atoms with Gasteiger partial charge in [-0.1, -0.05) is 6.92 Å². The molecule has 1 heterocycles. The zero-order valence-electron chi connectivity index (χ0n) is 9.46. The van der Waals surface area contributed by atoms with Gasteiger partial charge in [0.25, 0.3) is 0 Å². The average molecular weight is 231 g/mol. The molecule has 0 radical (unpaired) electrons. The van der Waals surface area contributed by atoms with E-state index in [0.29, 0.717) is 6.42 Å². The van der Waals surface area contributed by atoms with Gasteiger partial charge in [0.2, 0.25) is 5.91 Å². The quantitative estimate of drug-likeness (QED) is 0.709. The minimum absolute atomic E-state index is 0.185. The maximum Gasteiger partial charge on any atom is 0.220 e. The number of thioether (sulfide) groups is 1. The molecule has 0 aliphatic carbocycles. The first kappa shape index (κ1) is 12.8. The van der Waals surface area contributed by atoms with Crippen molar-refractivity contribution in [3.8, 4) is 0 Å². The lowest BCUT2D eigenvalue weighted by atomic mass is 10.2. The molecule has 0 unspecified atom stereocenters. The standard InChI is InChI=1S/C11H21NO2S/c1-2-3-11(13)12-6-9-15-10-4-7-14-8-5-10/h10H,2-9H2,1H3,(H,12,13). The Hall–Kier alpha value is -0.220. The van der Waals surface area contributed by atoms with Crippen LogP contribution in [0.15, 0.2) is 0 Å². The van der Waals surface area contributed by atoms with Gasteiger partial charge >= 0.3 is 0 Å². The number of amides is 1. The Labute approximate surface area is 96.3 Å². The van der Waals surface area contributed by atoms with E-state index in [1.165, 1.54) is 0 Å². The van der Waals surface area contributed by atoms with Crippen LogP contribution in [0.5, 0.6) is 0 Å². The van der Waals surface area contributed by atoms with Crippen molar-refractivity contribution in [3.05, 3.63) is 0 Å². The van der Waals surface area contributed by atoms with Gasteiger partial charge in [-0.25, -0.2) is 0 Å². The molecule has 1 saturated heterocycles. The molecule has 1 amide bonds. The van der Waals surface area contributed by atoms with Gasteiger partial charge in [-0.05, 0) is 19.3 Å². The van der Waals surface area contributed by atoms with Gasteiger partial charge in [0.15, 0.2) is 0 Å². The largest absolute Gasteiger partial charge is 0.381 e. The maximum atomic E-state index is 11.2. The van der Waals surface area contributed by atoms with Crippen LogP contribution in [0.2, 0.25) is 0 Å². The molecule has 1 N–H and O–H groups in total. The molecular formula is C11H21NO2S. The van der Waals surface area contributed by atoms with Gasteiger partial charge in [-0.15, -0.1) is 0 Å². The Morgan fingerprint density at radius 1 is 1.47 bits per heavy atom. The average Bonchev–Trinajstić information content (AvgIpc) is 2.26. The Morgan fingerprint density at radius 3 is 2.87 bits per heavy atom. The van der Waals surface area contributed by atoms with Crippen LogP contribution in [-0.4, -0.2) is 36.7 Å². The van der Waals surface area contributed by atoms with E-state index in [-0.39, 0.29) is 5.91 Å². The lowest BCUT2D eigenvalue weighted by Gasteiger charge is -2.21. The summed E-state index contributed by atoms with van der Waals surface area (Å²) in [6.07, 6.45) is 3.90. The lowest BCUT2D eigenvalue weighted by molar-refractivity contribution is -0.120. The molecule has 0 atom stereocenters. The van der Waals surface area contributed by atoms with E-state index < -0.39 is 0 Å².